The van der Waals surface area contributed by atoms with E-state index in [0.717, 1.165) is 10.2 Å². The average Bonchev–Trinajstić information content (AvgIpc) is 3.50. The van der Waals surface area contributed by atoms with Gasteiger partial charge in [-0.2, -0.15) is 23.5 Å². The maximum absolute atomic E-state index is 14.1. The Hall–Kier alpha value is -4.79. The Bertz CT molecular complexity index is 1560. The fraction of sp³-hybridized carbons (Fsp3) is 0.192. The molecule has 0 fully saturated rings. The molecule has 1 amide bonds. The molecule has 38 heavy (non-hydrogen) atoms. The number of rotatable bonds is 6. The fourth-order valence-electron chi connectivity index (χ4n) is 4.34. The molecule has 2 aromatic heterocycles. The maximum atomic E-state index is 14.1. The topological polar surface area (TPSA) is 99.7 Å². The van der Waals surface area contributed by atoms with Crippen LogP contribution in [0.25, 0.3) is 11.3 Å². The number of hydrogen-bond acceptors (Lipinski definition) is 6. The second kappa shape index (κ2) is 9.93. The summed E-state index contributed by atoms with van der Waals surface area (Å²) in [6.45, 7) is -0.860. The van der Waals surface area contributed by atoms with Gasteiger partial charge in [0.1, 0.15) is 18.4 Å². The Morgan fingerprint density at radius 2 is 2.00 bits per heavy atom. The molecule has 2 aromatic carbocycles. The van der Waals surface area contributed by atoms with Gasteiger partial charge in [-0.05, 0) is 41.8 Å². The standard InChI is InChI=1S/C26H19F4N7O/c27-21-4-2-1-3-16(21)11-23(38)37-8-6-17-9-18(10-19(12-31)24(17)37)22-5-7-32-25(35-22)34-20-13-33-36(14-20)15-26(28,29)30/h1-5,7,9-10,13-14H,6,8,11,15H2,(H,32,34,35). The van der Waals surface area contributed by atoms with E-state index in [-0.39, 0.29) is 35.1 Å². The number of nitrogens with zero attached hydrogens (tertiary/aromatic N) is 6. The van der Waals surface area contributed by atoms with Crippen molar-refractivity contribution in [2.45, 2.75) is 25.6 Å². The molecular formula is C26H19F4N7O. The monoisotopic (exact) mass is 521 g/mol. The number of anilines is 3. The first kappa shape index (κ1) is 24.9. The van der Waals surface area contributed by atoms with Gasteiger partial charge in [-0.3, -0.25) is 9.48 Å². The lowest BCUT2D eigenvalue weighted by molar-refractivity contribution is -0.142. The number of aromatic nitrogens is 4. The first-order chi connectivity index (χ1) is 18.2. The molecule has 1 aliphatic heterocycles. The van der Waals surface area contributed by atoms with Crippen LogP contribution in [0.5, 0.6) is 0 Å². The van der Waals surface area contributed by atoms with E-state index in [4.69, 9.17) is 0 Å². The molecular weight excluding hydrogens is 502 g/mol. The van der Waals surface area contributed by atoms with Gasteiger partial charge in [0.2, 0.25) is 11.9 Å². The highest BCUT2D eigenvalue weighted by Gasteiger charge is 2.30. The van der Waals surface area contributed by atoms with Crippen LogP contribution < -0.4 is 10.2 Å². The predicted octanol–water partition coefficient (Wildman–Crippen LogP) is 4.79. The lowest BCUT2D eigenvalue weighted by atomic mass is 10.0. The second-order valence-corrected chi connectivity index (χ2v) is 8.64. The smallest absolute Gasteiger partial charge is 0.321 e. The van der Waals surface area contributed by atoms with Crippen molar-refractivity contribution in [3.8, 4) is 17.3 Å². The van der Waals surface area contributed by atoms with Crippen LogP contribution in [0.1, 0.15) is 16.7 Å². The zero-order valence-corrected chi connectivity index (χ0v) is 19.7. The summed E-state index contributed by atoms with van der Waals surface area (Å²) >= 11 is 0. The minimum absolute atomic E-state index is 0.126. The van der Waals surface area contributed by atoms with Gasteiger partial charge in [-0.1, -0.05) is 18.2 Å². The molecule has 192 valence electrons. The van der Waals surface area contributed by atoms with Crippen molar-refractivity contribution in [3.63, 3.8) is 0 Å². The zero-order chi connectivity index (χ0) is 26.9. The highest BCUT2D eigenvalue weighted by Crippen LogP contribution is 2.36. The molecule has 3 heterocycles. The second-order valence-electron chi connectivity index (χ2n) is 8.64. The normalized spacial score (nSPS) is 12.8. The van der Waals surface area contributed by atoms with Gasteiger partial charge in [0.15, 0.2) is 0 Å². The Morgan fingerprint density at radius 1 is 1.18 bits per heavy atom. The molecule has 1 aliphatic rings. The van der Waals surface area contributed by atoms with Gasteiger partial charge in [-0.15, -0.1) is 0 Å². The van der Waals surface area contributed by atoms with Crippen molar-refractivity contribution in [1.29, 1.82) is 5.26 Å². The summed E-state index contributed by atoms with van der Waals surface area (Å²) in [7, 11) is 0. The number of fused-ring (bicyclic) bond motifs is 1. The first-order valence-corrected chi connectivity index (χ1v) is 11.5. The molecule has 12 heteroatoms. The predicted molar refractivity (Wildman–Crippen MR) is 130 cm³/mol. The van der Waals surface area contributed by atoms with E-state index in [0.29, 0.717) is 29.9 Å². The van der Waals surface area contributed by atoms with Crippen LogP contribution in [0.15, 0.2) is 61.1 Å². The van der Waals surface area contributed by atoms with Crippen molar-refractivity contribution < 1.29 is 22.4 Å². The van der Waals surface area contributed by atoms with Crippen LogP contribution in [-0.4, -0.2) is 38.4 Å². The molecule has 0 aliphatic carbocycles. The van der Waals surface area contributed by atoms with E-state index in [1.807, 2.05) is 6.07 Å². The molecule has 0 spiro atoms. The van der Waals surface area contributed by atoms with Crippen molar-refractivity contribution in [3.05, 3.63) is 83.6 Å². The lowest BCUT2D eigenvalue weighted by Gasteiger charge is -2.19. The third-order valence-corrected chi connectivity index (χ3v) is 5.97. The van der Waals surface area contributed by atoms with Gasteiger partial charge in [0.05, 0.1) is 35.2 Å². The van der Waals surface area contributed by atoms with Crippen molar-refractivity contribution in [2.24, 2.45) is 0 Å². The summed E-state index contributed by atoms with van der Waals surface area (Å²) in [5.41, 5.74) is 3.21. The minimum atomic E-state index is -4.40. The highest BCUT2D eigenvalue weighted by atomic mass is 19.4. The van der Waals surface area contributed by atoms with E-state index in [1.54, 1.807) is 30.3 Å². The number of carbonyl (C=O) groups excluding carboxylic acids is 1. The number of nitriles is 1. The van der Waals surface area contributed by atoms with Gasteiger partial charge < -0.3 is 10.2 Å². The van der Waals surface area contributed by atoms with E-state index in [9.17, 15) is 27.6 Å². The number of halogens is 4. The van der Waals surface area contributed by atoms with Crippen LogP contribution in [0, 0.1) is 17.1 Å². The first-order valence-electron chi connectivity index (χ1n) is 11.5. The van der Waals surface area contributed by atoms with Crippen LogP contribution in [0.2, 0.25) is 0 Å². The fourth-order valence-corrected chi connectivity index (χ4v) is 4.34. The molecule has 8 nitrogen and oxygen atoms in total. The summed E-state index contributed by atoms with van der Waals surface area (Å²) in [6, 6.07) is 13.3. The Morgan fingerprint density at radius 3 is 2.76 bits per heavy atom. The summed E-state index contributed by atoms with van der Waals surface area (Å²) < 4.78 is 52.6. The molecule has 0 radical (unpaired) electrons. The third kappa shape index (κ3) is 5.31. The number of carbonyl (C=O) groups is 1. The highest BCUT2D eigenvalue weighted by molar-refractivity contribution is 5.98. The lowest BCUT2D eigenvalue weighted by Crippen LogP contribution is -2.31. The van der Waals surface area contributed by atoms with E-state index >= 15 is 0 Å². The van der Waals surface area contributed by atoms with Crippen molar-refractivity contribution in [1.82, 2.24) is 19.7 Å². The van der Waals surface area contributed by atoms with E-state index in [2.05, 4.69) is 26.5 Å². The molecule has 1 N–H and O–H groups in total. The molecule has 0 saturated heterocycles. The zero-order valence-electron chi connectivity index (χ0n) is 19.7. The minimum Gasteiger partial charge on any atom is -0.321 e. The van der Waals surface area contributed by atoms with E-state index < -0.39 is 18.5 Å². The van der Waals surface area contributed by atoms with Crippen LogP contribution in [-0.2, 0) is 24.2 Å². The van der Waals surface area contributed by atoms with Gasteiger partial charge in [-0.25, -0.2) is 14.4 Å². The van der Waals surface area contributed by atoms with Crippen LogP contribution in [0.4, 0.5) is 34.9 Å². The SMILES string of the molecule is N#Cc1cc(-c2ccnc(Nc3cnn(CC(F)(F)F)c3)n2)cc2c1N(C(=O)Cc1ccccc1F)CC2. The largest absolute Gasteiger partial charge is 0.408 e. The third-order valence-electron chi connectivity index (χ3n) is 5.97. The maximum Gasteiger partial charge on any atom is 0.408 e. The number of benzene rings is 2. The van der Waals surface area contributed by atoms with Crippen LogP contribution >= 0.6 is 0 Å². The summed E-state index contributed by atoms with van der Waals surface area (Å²) in [6.07, 6.45) is -0.107. The molecule has 4 aromatic rings. The Balaban J connectivity index is 1.38. The Kier molecular flexibility index (Phi) is 6.50. The van der Waals surface area contributed by atoms with Gasteiger partial charge >= 0.3 is 6.18 Å². The molecule has 0 bridgehead atoms. The van der Waals surface area contributed by atoms with E-state index in [1.165, 1.54) is 29.6 Å². The number of amides is 1. The molecule has 0 unspecified atom stereocenters. The summed E-state index contributed by atoms with van der Waals surface area (Å²) in [4.78, 5) is 23.1. The molecule has 0 atom stereocenters. The molecule has 0 saturated carbocycles. The quantitative estimate of drug-likeness (QED) is 0.367. The number of alkyl halides is 3. The number of nitrogens with one attached hydrogen (secondary N) is 1. The summed E-state index contributed by atoms with van der Waals surface area (Å²) in [5.74, 6) is -0.635. The Labute approximate surface area is 214 Å². The van der Waals surface area contributed by atoms with Gasteiger partial charge in [0.25, 0.3) is 0 Å². The van der Waals surface area contributed by atoms with Crippen LogP contribution in [0.3, 0.4) is 0 Å². The van der Waals surface area contributed by atoms with Gasteiger partial charge in [0, 0.05) is 24.5 Å². The number of hydrogen-bond donors (Lipinski definition) is 1. The van der Waals surface area contributed by atoms with Crippen molar-refractivity contribution >= 4 is 23.2 Å². The summed E-state index contributed by atoms with van der Waals surface area (Å²) in [5, 5.41) is 16.4. The van der Waals surface area contributed by atoms with Crippen molar-refractivity contribution in [2.75, 3.05) is 16.8 Å². The average molecular weight is 521 g/mol. The molecule has 5 rings (SSSR count).